The molecule has 2 heterocycles. The molecule has 1 aliphatic carbocycles. The smallest absolute Gasteiger partial charge is 0.102 e. The maximum atomic E-state index is 5.34. The first-order valence-electron chi connectivity index (χ1n) is 3.89. The molecule has 0 aromatic heterocycles. The average molecular weight is 138 g/mol. The maximum Gasteiger partial charge on any atom is 0.102 e. The Bertz CT molecular complexity index is 184. The zero-order valence-corrected chi connectivity index (χ0v) is 5.69. The van der Waals surface area contributed by atoms with Crippen molar-refractivity contribution in [3.05, 3.63) is 12.2 Å². The van der Waals surface area contributed by atoms with Crippen LogP contribution in [-0.4, -0.2) is 24.9 Å². The highest BCUT2D eigenvalue weighted by molar-refractivity contribution is 5.13. The van der Waals surface area contributed by atoms with Crippen LogP contribution >= 0.6 is 0 Å². The van der Waals surface area contributed by atoms with Gasteiger partial charge >= 0.3 is 0 Å². The first-order valence-corrected chi connectivity index (χ1v) is 3.89. The Hall–Kier alpha value is -0.340. The zero-order valence-electron chi connectivity index (χ0n) is 5.69. The molecule has 2 fully saturated rings. The molecule has 2 heteroatoms. The number of hydrogen-bond donors (Lipinski definition) is 0. The van der Waals surface area contributed by atoms with E-state index in [1.54, 1.807) is 0 Å². The molecule has 54 valence electrons. The highest BCUT2D eigenvalue weighted by Gasteiger charge is 2.45. The first kappa shape index (κ1) is 5.33. The van der Waals surface area contributed by atoms with Gasteiger partial charge in [-0.1, -0.05) is 12.2 Å². The van der Waals surface area contributed by atoms with E-state index in [1.807, 2.05) is 0 Å². The van der Waals surface area contributed by atoms with Crippen molar-refractivity contribution in [2.45, 2.75) is 24.7 Å². The van der Waals surface area contributed by atoms with E-state index in [0.717, 1.165) is 6.61 Å². The van der Waals surface area contributed by atoms with Crippen molar-refractivity contribution in [2.75, 3.05) is 6.61 Å². The van der Waals surface area contributed by atoms with E-state index in [0.29, 0.717) is 24.2 Å². The van der Waals surface area contributed by atoms with E-state index >= 15 is 0 Å². The number of epoxide rings is 2. The van der Waals surface area contributed by atoms with Crippen molar-refractivity contribution < 1.29 is 9.47 Å². The Morgan fingerprint density at radius 2 is 2.10 bits per heavy atom. The van der Waals surface area contributed by atoms with Crippen LogP contribution in [0.25, 0.3) is 0 Å². The predicted molar refractivity (Wildman–Crippen MR) is 35.6 cm³/mol. The molecule has 0 saturated carbocycles. The monoisotopic (exact) mass is 138 g/mol. The van der Waals surface area contributed by atoms with Crippen molar-refractivity contribution in [2.24, 2.45) is 5.92 Å². The standard InChI is InChI=1S/C8H10O2/c1-2-6-7(10-6)3-5(1)8-4-9-8/h1-2,5-8H,3-4H2. The summed E-state index contributed by atoms with van der Waals surface area (Å²) < 4.78 is 10.6. The fourth-order valence-corrected chi connectivity index (χ4v) is 1.69. The van der Waals surface area contributed by atoms with Gasteiger partial charge in [0.15, 0.2) is 0 Å². The molecule has 0 radical (unpaired) electrons. The van der Waals surface area contributed by atoms with Crippen LogP contribution in [-0.2, 0) is 9.47 Å². The summed E-state index contributed by atoms with van der Waals surface area (Å²) in [6.07, 6.45) is 7.16. The van der Waals surface area contributed by atoms with Crippen molar-refractivity contribution >= 4 is 0 Å². The highest BCUT2D eigenvalue weighted by Crippen LogP contribution is 2.38. The summed E-state index contributed by atoms with van der Waals surface area (Å²) in [4.78, 5) is 0. The molecule has 3 aliphatic rings. The minimum absolute atomic E-state index is 0.468. The predicted octanol–water partition coefficient (Wildman–Crippen LogP) is 0.729. The van der Waals surface area contributed by atoms with Crippen molar-refractivity contribution in [1.82, 2.24) is 0 Å². The fraction of sp³-hybridized carbons (Fsp3) is 0.750. The van der Waals surface area contributed by atoms with Gasteiger partial charge in [0.25, 0.3) is 0 Å². The molecular weight excluding hydrogens is 128 g/mol. The molecule has 0 aromatic carbocycles. The second-order valence-corrected chi connectivity index (χ2v) is 3.30. The van der Waals surface area contributed by atoms with E-state index in [2.05, 4.69) is 12.2 Å². The molecule has 2 aliphatic heterocycles. The van der Waals surface area contributed by atoms with Crippen molar-refractivity contribution in [3.8, 4) is 0 Å². The number of fused-ring (bicyclic) bond motifs is 1. The van der Waals surface area contributed by atoms with Gasteiger partial charge in [-0.15, -0.1) is 0 Å². The van der Waals surface area contributed by atoms with Crippen LogP contribution in [0.15, 0.2) is 12.2 Å². The maximum absolute atomic E-state index is 5.34. The molecule has 2 saturated heterocycles. The third kappa shape index (κ3) is 0.724. The Morgan fingerprint density at radius 1 is 1.20 bits per heavy atom. The molecule has 0 N–H and O–H groups in total. The highest BCUT2D eigenvalue weighted by atomic mass is 16.6. The van der Waals surface area contributed by atoms with Crippen molar-refractivity contribution in [3.63, 3.8) is 0 Å². The molecule has 0 spiro atoms. The molecule has 2 nitrogen and oxygen atoms in total. The summed E-state index contributed by atoms with van der Waals surface area (Å²) in [7, 11) is 0. The number of hydrogen-bond acceptors (Lipinski definition) is 2. The first-order chi connectivity index (χ1) is 4.93. The molecule has 4 unspecified atom stereocenters. The lowest BCUT2D eigenvalue weighted by molar-refractivity contribution is 0.319. The van der Waals surface area contributed by atoms with E-state index in [1.165, 1.54) is 6.42 Å². The summed E-state index contributed by atoms with van der Waals surface area (Å²) in [5, 5.41) is 0. The van der Waals surface area contributed by atoms with Crippen LogP contribution in [0, 0.1) is 5.92 Å². The lowest BCUT2D eigenvalue weighted by Crippen LogP contribution is -2.13. The van der Waals surface area contributed by atoms with E-state index in [4.69, 9.17) is 9.47 Å². The molecule has 10 heavy (non-hydrogen) atoms. The normalized spacial score (nSPS) is 56.0. The Kier molecular flexibility index (Phi) is 0.868. The Labute approximate surface area is 59.8 Å². The summed E-state index contributed by atoms with van der Waals surface area (Å²) in [6.45, 7) is 0.965. The van der Waals surface area contributed by atoms with E-state index < -0.39 is 0 Å². The quantitative estimate of drug-likeness (QED) is 0.394. The van der Waals surface area contributed by atoms with E-state index in [9.17, 15) is 0 Å². The van der Waals surface area contributed by atoms with Gasteiger partial charge in [-0.2, -0.15) is 0 Å². The Morgan fingerprint density at radius 3 is 2.80 bits per heavy atom. The summed E-state index contributed by atoms with van der Waals surface area (Å²) in [6, 6.07) is 0. The van der Waals surface area contributed by atoms with Crippen LogP contribution in [0.4, 0.5) is 0 Å². The Balaban J connectivity index is 1.76. The van der Waals surface area contributed by atoms with Crippen LogP contribution in [0.1, 0.15) is 6.42 Å². The van der Waals surface area contributed by atoms with Gasteiger partial charge in [-0.25, -0.2) is 0 Å². The van der Waals surface area contributed by atoms with Gasteiger partial charge in [-0.3, -0.25) is 0 Å². The second kappa shape index (κ2) is 1.63. The van der Waals surface area contributed by atoms with Crippen LogP contribution in [0.5, 0.6) is 0 Å². The van der Waals surface area contributed by atoms with Gasteiger partial charge in [-0.05, 0) is 6.42 Å². The lowest BCUT2D eigenvalue weighted by atomic mass is 9.93. The molecule has 0 aromatic rings. The summed E-state index contributed by atoms with van der Waals surface area (Å²) in [5.41, 5.74) is 0. The number of rotatable bonds is 1. The number of ether oxygens (including phenoxy) is 2. The molecule has 0 amide bonds. The van der Waals surface area contributed by atoms with Crippen LogP contribution < -0.4 is 0 Å². The summed E-state index contributed by atoms with van der Waals surface area (Å²) in [5.74, 6) is 0.656. The van der Waals surface area contributed by atoms with Gasteiger partial charge in [0, 0.05) is 5.92 Å². The molecule has 0 bridgehead atoms. The lowest BCUT2D eigenvalue weighted by Gasteiger charge is -2.09. The minimum Gasteiger partial charge on any atom is -0.372 e. The van der Waals surface area contributed by atoms with E-state index in [-0.39, 0.29) is 0 Å². The minimum atomic E-state index is 0.468. The SMILES string of the molecule is C1=CC2OC2CC1C1CO1. The zero-order chi connectivity index (χ0) is 6.55. The largest absolute Gasteiger partial charge is 0.372 e. The molecule has 4 atom stereocenters. The van der Waals surface area contributed by atoms with Gasteiger partial charge < -0.3 is 9.47 Å². The average Bonchev–Trinajstić information content (AvgIpc) is 2.83. The van der Waals surface area contributed by atoms with Crippen molar-refractivity contribution in [1.29, 1.82) is 0 Å². The third-order valence-corrected chi connectivity index (χ3v) is 2.51. The summed E-state index contributed by atoms with van der Waals surface area (Å²) >= 11 is 0. The third-order valence-electron chi connectivity index (χ3n) is 2.51. The van der Waals surface area contributed by atoms with Crippen LogP contribution in [0.3, 0.4) is 0 Å². The second-order valence-electron chi connectivity index (χ2n) is 3.30. The topological polar surface area (TPSA) is 25.1 Å². The van der Waals surface area contributed by atoms with Gasteiger partial charge in [0.1, 0.15) is 6.10 Å². The van der Waals surface area contributed by atoms with Gasteiger partial charge in [0.2, 0.25) is 0 Å². The fourth-order valence-electron chi connectivity index (χ4n) is 1.69. The molecule has 3 rings (SSSR count). The van der Waals surface area contributed by atoms with Gasteiger partial charge in [0.05, 0.1) is 18.8 Å². The molecular formula is C8H10O2. The van der Waals surface area contributed by atoms with Crippen LogP contribution in [0.2, 0.25) is 0 Å².